The van der Waals surface area contributed by atoms with Crippen LogP contribution in [0.2, 0.25) is 0 Å². The fourth-order valence-electron chi connectivity index (χ4n) is 1.68. The average Bonchev–Trinajstić information content (AvgIpc) is 2.45. The maximum absolute atomic E-state index is 8.93. The first-order chi connectivity index (χ1) is 9.20. The van der Waals surface area contributed by atoms with Crippen LogP contribution in [0.15, 0.2) is 42.6 Å². The van der Waals surface area contributed by atoms with Crippen molar-refractivity contribution >= 4 is 0 Å². The van der Waals surface area contributed by atoms with Crippen molar-refractivity contribution in [2.24, 2.45) is 5.73 Å². The van der Waals surface area contributed by atoms with Gasteiger partial charge in [-0.05, 0) is 30.7 Å². The zero-order valence-electron chi connectivity index (χ0n) is 10.7. The maximum atomic E-state index is 8.93. The Hall–Kier alpha value is -2.38. The van der Waals surface area contributed by atoms with Crippen molar-refractivity contribution in [1.82, 2.24) is 4.98 Å². The minimum absolute atomic E-state index is 0.0116. The average molecular weight is 253 g/mol. The van der Waals surface area contributed by atoms with Crippen LogP contribution in [0.1, 0.15) is 29.8 Å². The summed E-state index contributed by atoms with van der Waals surface area (Å²) in [5.74, 6) is 0.747. The number of aromatic nitrogens is 1. The van der Waals surface area contributed by atoms with Gasteiger partial charge in [-0.1, -0.05) is 18.2 Å². The Morgan fingerprint density at radius 1 is 1.32 bits per heavy atom. The SMILES string of the molecule is C[C@@H](N)c1ccc(OCc2cccnc2C#N)cc1. The molecule has 96 valence electrons. The van der Waals surface area contributed by atoms with E-state index in [1.807, 2.05) is 43.3 Å². The summed E-state index contributed by atoms with van der Waals surface area (Å²) < 4.78 is 5.64. The molecule has 1 atom stereocenters. The third kappa shape index (κ3) is 3.30. The lowest BCUT2D eigenvalue weighted by molar-refractivity contribution is 0.305. The molecule has 0 saturated carbocycles. The molecule has 0 aliphatic carbocycles. The van der Waals surface area contributed by atoms with Gasteiger partial charge in [-0.3, -0.25) is 0 Å². The van der Waals surface area contributed by atoms with Crippen LogP contribution in [0.3, 0.4) is 0 Å². The molecule has 2 aromatic rings. The van der Waals surface area contributed by atoms with Crippen molar-refractivity contribution in [2.75, 3.05) is 0 Å². The number of nitrogens with zero attached hydrogens (tertiary/aromatic N) is 2. The Balaban J connectivity index is 2.04. The molecule has 2 rings (SSSR count). The molecule has 0 radical (unpaired) electrons. The van der Waals surface area contributed by atoms with E-state index in [4.69, 9.17) is 15.7 Å². The number of ether oxygens (including phenoxy) is 1. The third-order valence-electron chi connectivity index (χ3n) is 2.80. The minimum Gasteiger partial charge on any atom is -0.489 e. The van der Waals surface area contributed by atoms with Crippen molar-refractivity contribution in [3.05, 3.63) is 59.4 Å². The Morgan fingerprint density at radius 3 is 2.68 bits per heavy atom. The molecule has 2 N–H and O–H groups in total. The van der Waals surface area contributed by atoms with Gasteiger partial charge < -0.3 is 10.5 Å². The smallest absolute Gasteiger partial charge is 0.147 e. The molecule has 19 heavy (non-hydrogen) atoms. The largest absolute Gasteiger partial charge is 0.489 e. The maximum Gasteiger partial charge on any atom is 0.147 e. The molecular formula is C15H15N3O. The fourth-order valence-corrected chi connectivity index (χ4v) is 1.68. The Kier molecular flexibility index (Phi) is 4.11. The molecule has 0 saturated heterocycles. The van der Waals surface area contributed by atoms with Crippen molar-refractivity contribution < 1.29 is 4.74 Å². The van der Waals surface area contributed by atoms with E-state index in [1.54, 1.807) is 12.3 Å². The number of hydrogen-bond donors (Lipinski definition) is 1. The van der Waals surface area contributed by atoms with Crippen LogP contribution in [-0.4, -0.2) is 4.98 Å². The highest BCUT2D eigenvalue weighted by atomic mass is 16.5. The highest BCUT2D eigenvalue weighted by molar-refractivity contribution is 5.32. The molecule has 1 aromatic heterocycles. The highest BCUT2D eigenvalue weighted by Gasteiger charge is 2.04. The van der Waals surface area contributed by atoms with Crippen LogP contribution >= 0.6 is 0 Å². The van der Waals surface area contributed by atoms with E-state index in [-0.39, 0.29) is 6.04 Å². The number of hydrogen-bond acceptors (Lipinski definition) is 4. The highest BCUT2D eigenvalue weighted by Crippen LogP contribution is 2.17. The normalized spacial score (nSPS) is 11.6. The first-order valence-corrected chi connectivity index (χ1v) is 6.03. The third-order valence-corrected chi connectivity index (χ3v) is 2.80. The fraction of sp³-hybridized carbons (Fsp3) is 0.200. The summed E-state index contributed by atoms with van der Waals surface area (Å²) >= 11 is 0. The molecule has 0 aliphatic rings. The monoisotopic (exact) mass is 253 g/mol. The topological polar surface area (TPSA) is 71.9 Å². The van der Waals surface area contributed by atoms with Gasteiger partial charge >= 0.3 is 0 Å². The number of rotatable bonds is 4. The van der Waals surface area contributed by atoms with E-state index in [0.717, 1.165) is 16.9 Å². The first kappa shape index (κ1) is 13.1. The second-order valence-electron chi connectivity index (χ2n) is 4.27. The van der Waals surface area contributed by atoms with Gasteiger partial charge in [-0.2, -0.15) is 5.26 Å². The summed E-state index contributed by atoms with van der Waals surface area (Å²) in [7, 11) is 0. The summed E-state index contributed by atoms with van der Waals surface area (Å²) in [6, 6.07) is 13.3. The molecule has 4 nitrogen and oxygen atoms in total. The first-order valence-electron chi connectivity index (χ1n) is 6.03. The lowest BCUT2D eigenvalue weighted by Gasteiger charge is -2.09. The van der Waals surface area contributed by atoms with E-state index in [0.29, 0.717) is 12.3 Å². The van der Waals surface area contributed by atoms with Gasteiger partial charge in [0, 0.05) is 17.8 Å². The van der Waals surface area contributed by atoms with Crippen LogP contribution in [0.4, 0.5) is 0 Å². The van der Waals surface area contributed by atoms with Crippen LogP contribution < -0.4 is 10.5 Å². The van der Waals surface area contributed by atoms with Gasteiger partial charge in [0.05, 0.1) is 0 Å². The summed E-state index contributed by atoms with van der Waals surface area (Å²) in [6.07, 6.45) is 1.60. The van der Waals surface area contributed by atoms with Crippen molar-refractivity contribution in [1.29, 1.82) is 5.26 Å². The number of benzene rings is 1. The van der Waals surface area contributed by atoms with E-state index < -0.39 is 0 Å². The van der Waals surface area contributed by atoms with Crippen LogP contribution in [-0.2, 0) is 6.61 Å². The Bertz CT molecular complexity index is 585. The minimum atomic E-state index is 0.0116. The van der Waals surface area contributed by atoms with Gasteiger partial charge in [0.25, 0.3) is 0 Å². The van der Waals surface area contributed by atoms with Crippen LogP contribution in [0.25, 0.3) is 0 Å². The lowest BCUT2D eigenvalue weighted by Crippen LogP contribution is -2.04. The zero-order chi connectivity index (χ0) is 13.7. The molecule has 0 amide bonds. The van der Waals surface area contributed by atoms with Crippen molar-refractivity contribution in [3.63, 3.8) is 0 Å². The molecule has 0 spiro atoms. The van der Waals surface area contributed by atoms with E-state index >= 15 is 0 Å². The second kappa shape index (κ2) is 5.98. The van der Waals surface area contributed by atoms with Gasteiger partial charge in [0.15, 0.2) is 0 Å². The Labute approximate surface area is 112 Å². The van der Waals surface area contributed by atoms with Gasteiger partial charge in [0.2, 0.25) is 0 Å². The summed E-state index contributed by atoms with van der Waals surface area (Å²) in [4.78, 5) is 3.99. The number of nitriles is 1. The van der Waals surface area contributed by atoms with Gasteiger partial charge in [-0.15, -0.1) is 0 Å². The molecule has 0 fully saturated rings. The quantitative estimate of drug-likeness (QED) is 0.908. The van der Waals surface area contributed by atoms with Crippen LogP contribution in [0.5, 0.6) is 5.75 Å². The standard InChI is InChI=1S/C15H15N3O/c1-11(17)12-4-6-14(7-5-12)19-10-13-3-2-8-18-15(13)9-16/h2-8,11H,10,17H2,1H3/t11-/m1/s1. The predicted molar refractivity (Wildman–Crippen MR) is 72.3 cm³/mol. The summed E-state index contributed by atoms with van der Waals surface area (Å²) in [5, 5.41) is 8.93. The van der Waals surface area contributed by atoms with E-state index in [9.17, 15) is 0 Å². The van der Waals surface area contributed by atoms with Crippen LogP contribution in [0, 0.1) is 11.3 Å². The number of pyridine rings is 1. The van der Waals surface area contributed by atoms with Gasteiger partial charge in [-0.25, -0.2) is 4.98 Å². The molecule has 1 heterocycles. The predicted octanol–water partition coefficient (Wildman–Crippen LogP) is 2.55. The Morgan fingerprint density at radius 2 is 2.05 bits per heavy atom. The molecule has 0 bridgehead atoms. The lowest BCUT2D eigenvalue weighted by atomic mass is 10.1. The molecule has 0 aliphatic heterocycles. The molecular weight excluding hydrogens is 238 g/mol. The second-order valence-corrected chi connectivity index (χ2v) is 4.27. The van der Waals surface area contributed by atoms with Gasteiger partial charge in [0.1, 0.15) is 24.1 Å². The molecule has 0 unspecified atom stereocenters. The number of nitrogens with two attached hydrogens (primary N) is 1. The van der Waals surface area contributed by atoms with Crippen molar-refractivity contribution in [3.8, 4) is 11.8 Å². The van der Waals surface area contributed by atoms with E-state index in [1.165, 1.54) is 0 Å². The van der Waals surface area contributed by atoms with Crippen molar-refractivity contribution in [2.45, 2.75) is 19.6 Å². The molecule has 4 heteroatoms. The zero-order valence-corrected chi connectivity index (χ0v) is 10.7. The summed E-state index contributed by atoms with van der Waals surface area (Å²) in [6.45, 7) is 2.26. The van der Waals surface area contributed by atoms with E-state index in [2.05, 4.69) is 4.98 Å². The summed E-state index contributed by atoms with van der Waals surface area (Å²) in [5.41, 5.74) is 8.02. The molecule has 1 aromatic carbocycles.